The number of halogens is 1. The summed E-state index contributed by atoms with van der Waals surface area (Å²) in [6.07, 6.45) is 5.43. The Morgan fingerprint density at radius 3 is 2.78 bits per heavy atom. The Bertz CT molecular complexity index is 690. The quantitative estimate of drug-likeness (QED) is 0.707. The second kappa shape index (κ2) is 7.40. The van der Waals surface area contributed by atoms with Crippen LogP contribution >= 0.6 is 15.9 Å². The molecule has 0 fully saturated rings. The lowest BCUT2D eigenvalue weighted by Crippen LogP contribution is -2.25. The van der Waals surface area contributed by atoms with Crippen molar-refractivity contribution in [2.75, 3.05) is 6.54 Å². The summed E-state index contributed by atoms with van der Waals surface area (Å²) in [5.41, 5.74) is 1.27. The maximum absolute atomic E-state index is 12.0. The number of rotatable bonds is 7. The second-order valence-electron chi connectivity index (χ2n) is 5.16. The Hall–Kier alpha value is -2.16. The van der Waals surface area contributed by atoms with E-state index in [0.29, 0.717) is 18.7 Å². The van der Waals surface area contributed by atoms with Gasteiger partial charge in [-0.15, -0.1) is 0 Å². The summed E-state index contributed by atoms with van der Waals surface area (Å²) in [5, 5.41) is 19.9. The fourth-order valence-electron chi connectivity index (χ4n) is 1.93. The van der Waals surface area contributed by atoms with E-state index < -0.39 is 12.0 Å². The van der Waals surface area contributed by atoms with Crippen LogP contribution in [0.3, 0.4) is 0 Å². The highest BCUT2D eigenvalue weighted by Gasteiger charge is 2.16. The zero-order valence-electron chi connectivity index (χ0n) is 12.9. The van der Waals surface area contributed by atoms with Gasteiger partial charge in [-0.05, 0) is 36.2 Å². The molecule has 9 heteroatoms. The molecule has 23 heavy (non-hydrogen) atoms. The van der Waals surface area contributed by atoms with Crippen LogP contribution in [0.5, 0.6) is 0 Å². The summed E-state index contributed by atoms with van der Waals surface area (Å²) in [6, 6.07) is -0.807. The topological polar surface area (TPSA) is 102 Å². The van der Waals surface area contributed by atoms with Crippen molar-refractivity contribution in [2.24, 2.45) is 0 Å². The molecular weight excluding hydrogens is 366 g/mol. The number of carbonyl (C=O) groups is 2. The molecule has 1 unspecified atom stereocenters. The first-order valence-corrected chi connectivity index (χ1v) is 7.92. The minimum absolute atomic E-state index is 0.272. The summed E-state index contributed by atoms with van der Waals surface area (Å²) < 4.78 is 4.03. The number of nitrogens with one attached hydrogen (secondary N) is 1. The van der Waals surface area contributed by atoms with Gasteiger partial charge < -0.3 is 10.4 Å². The first kappa shape index (κ1) is 17.2. The van der Waals surface area contributed by atoms with Crippen LogP contribution in [0.4, 0.5) is 0 Å². The van der Waals surface area contributed by atoms with Crippen LogP contribution in [0.2, 0.25) is 0 Å². The zero-order valence-corrected chi connectivity index (χ0v) is 14.4. The van der Waals surface area contributed by atoms with Crippen LogP contribution in [-0.2, 0) is 11.3 Å². The molecule has 1 amide bonds. The van der Waals surface area contributed by atoms with Gasteiger partial charge in [0, 0.05) is 25.5 Å². The van der Waals surface area contributed by atoms with Crippen molar-refractivity contribution in [3.63, 3.8) is 0 Å². The monoisotopic (exact) mass is 383 g/mol. The molecule has 0 aromatic carbocycles. The number of carbonyl (C=O) groups excluding carboxylic acids is 1. The van der Waals surface area contributed by atoms with Crippen LogP contribution in [0.25, 0.3) is 0 Å². The summed E-state index contributed by atoms with van der Waals surface area (Å²) in [4.78, 5) is 22.9. The third-order valence-corrected chi connectivity index (χ3v) is 4.13. The number of carboxylic acids is 1. The molecule has 2 aromatic rings. The molecule has 0 saturated heterocycles. The van der Waals surface area contributed by atoms with E-state index in [1.807, 2.05) is 17.8 Å². The van der Waals surface area contributed by atoms with Crippen molar-refractivity contribution in [1.29, 1.82) is 0 Å². The SMILES string of the molecule is Cc1nn(CCCNC(=O)c2cnn(C(C)C(=O)O)c2)cc1Br. The smallest absolute Gasteiger partial charge is 0.328 e. The molecule has 0 saturated carbocycles. The minimum Gasteiger partial charge on any atom is -0.480 e. The van der Waals surface area contributed by atoms with E-state index in [4.69, 9.17) is 5.11 Å². The third kappa shape index (κ3) is 4.41. The van der Waals surface area contributed by atoms with Gasteiger partial charge in [0.1, 0.15) is 6.04 Å². The fourth-order valence-corrected chi connectivity index (χ4v) is 2.25. The molecule has 0 aliphatic carbocycles. The van der Waals surface area contributed by atoms with Crippen LogP contribution in [0, 0.1) is 6.92 Å². The van der Waals surface area contributed by atoms with Crippen LogP contribution in [0.1, 0.15) is 35.4 Å². The number of aryl methyl sites for hydroxylation is 2. The average molecular weight is 384 g/mol. The molecule has 2 heterocycles. The molecule has 1 atom stereocenters. The maximum Gasteiger partial charge on any atom is 0.328 e. The van der Waals surface area contributed by atoms with E-state index in [2.05, 4.69) is 31.4 Å². The molecule has 2 aromatic heterocycles. The van der Waals surface area contributed by atoms with Gasteiger partial charge in [-0.25, -0.2) is 4.79 Å². The Labute approximate surface area is 141 Å². The Morgan fingerprint density at radius 1 is 1.43 bits per heavy atom. The largest absolute Gasteiger partial charge is 0.480 e. The molecule has 0 spiro atoms. The van der Waals surface area contributed by atoms with Crippen LogP contribution in [-0.4, -0.2) is 43.1 Å². The number of aromatic nitrogens is 4. The van der Waals surface area contributed by atoms with E-state index in [0.717, 1.165) is 16.6 Å². The lowest BCUT2D eigenvalue weighted by atomic mass is 10.3. The number of hydrogen-bond acceptors (Lipinski definition) is 4. The van der Waals surface area contributed by atoms with Gasteiger partial charge in [0.15, 0.2) is 0 Å². The van der Waals surface area contributed by atoms with Gasteiger partial charge in [-0.3, -0.25) is 14.2 Å². The molecule has 0 aliphatic heterocycles. The number of aliphatic carboxylic acids is 1. The van der Waals surface area contributed by atoms with E-state index in [1.165, 1.54) is 24.0 Å². The highest BCUT2D eigenvalue weighted by molar-refractivity contribution is 9.10. The van der Waals surface area contributed by atoms with Crippen molar-refractivity contribution in [3.8, 4) is 0 Å². The van der Waals surface area contributed by atoms with Crippen molar-refractivity contribution < 1.29 is 14.7 Å². The maximum atomic E-state index is 12.0. The summed E-state index contributed by atoms with van der Waals surface area (Å²) in [5.74, 6) is -1.27. The first-order chi connectivity index (χ1) is 10.9. The predicted octanol–water partition coefficient (Wildman–Crippen LogP) is 1.62. The van der Waals surface area contributed by atoms with Crippen LogP contribution < -0.4 is 5.32 Å². The van der Waals surface area contributed by atoms with Gasteiger partial charge in [0.2, 0.25) is 0 Å². The minimum atomic E-state index is -0.999. The first-order valence-electron chi connectivity index (χ1n) is 7.13. The molecule has 8 nitrogen and oxygen atoms in total. The fraction of sp³-hybridized carbons (Fsp3) is 0.429. The van der Waals surface area contributed by atoms with Gasteiger partial charge in [0.05, 0.1) is 21.9 Å². The zero-order chi connectivity index (χ0) is 17.0. The lowest BCUT2D eigenvalue weighted by molar-refractivity contribution is -0.140. The number of nitrogens with zero attached hydrogens (tertiary/aromatic N) is 4. The Balaban J connectivity index is 1.80. The van der Waals surface area contributed by atoms with Crippen molar-refractivity contribution in [1.82, 2.24) is 24.9 Å². The predicted molar refractivity (Wildman–Crippen MR) is 86.2 cm³/mol. The molecule has 2 N–H and O–H groups in total. The van der Waals surface area contributed by atoms with Gasteiger partial charge in [0.25, 0.3) is 5.91 Å². The number of carboxylic acid groups (broad SMARTS) is 1. The van der Waals surface area contributed by atoms with Crippen molar-refractivity contribution in [3.05, 3.63) is 34.3 Å². The molecule has 0 bridgehead atoms. The van der Waals surface area contributed by atoms with E-state index in [1.54, 1.807) is 0 Å². The highest BCUT2D eigenvalue weighted by Crippen LogP contribution is 2.13. The van der Waals surface area contributed by atoms with Gasteiger partial charge in [-0.1, -0.05) is 0 Å². The second-order valence-corrected chi connectivity index (χ2v) is 6.01. The molecule has 0 aliphatic rings. The van der Waals surface area contributed by atoms with Gasteiger partial charge in [-0.2, -0.15) is 10.2 Å². The van der Waals surface area contributed by atoms with E-state index in [9.17, 15) is 9.59 Å². The molecule has 124 valence electrons. The van der Waals surface area contributed by atoms with Crippen LogP contribution in [0.15, 0.2) is 23.1 Å². The summed E-state index contributed by atoms with van der Waals surface area (Å²) in [7, 11) is 0. The molecule has 2 rings (SSSR count). The Kier molecular flexibility index (Phi) is 5.54. The van der Waals surface area contributed by atoms with E-state index >= 15 is 0 Å². The molecule has 0 radical (unpaired) electrons. The van der Waals surface area contributed by atoms with E-state index in [-0.39, 0.29) is 5.91 Å². The number of hydrogen-bond donors (Lipinski definition) is 2. The van der Waals surface area contributed by atoms with Gasteiger partial charge >= 0.3 is 5.97 Å². The van der Waals surface area contributed by atoms with Crippen molar-refractivity contribution in [2.45, 2.75) is 32.9 Å². The molecular formula is C14H18BrN5O3. The normalized spacial score (nSPS) is 12.1. The average Bonchev–Trinajstić information content (AvgIpc) is 3.10. The summed E-state index contributed by atoms with van der Waals surface area (Å²) >= 11 is 3.40. The number of amides is 1. The highest BCUT2D eigenvalue weighted by atomic mass is 79.9. The summed E-state index contributed by atoms with van der Waals surface area (Å²) in [6.45, 7) is 4.61. The lowest BCUT2D eigenvalue weighted by Gasteiger charge is -2.05. The van der Waals surface area contributed by atoms with Crippen molar-refractivity contribution >= 4 is 27.8 Å². The standard InChI is InChI=1S/C14H18BrN5O3/c1-9-12(15)8-19(18-9)5-3-4-16-13(21)11-6-17-20(7-11)10(2)14(22)23/h6-8,10H,3-5H2,1-2H3,(H,16,21)(H,22,23). The third-order valence-electron chi connectivity index (χ3n) is 3.35. The Morgan fingerprint density at radius 2 is 2.17 bits per heavy atom.